The van der Waals surface area contributed by atoms with Crippen LogP contribution in [-0.4, -0.2) is 24.1 Å². The van der Waals surface area contributed by atoms with Crippen LogP contribution in [0.4, 0.5) is 0 Å². The fourth-order valence-corrected chi connectivity index (χ4v) is 1.43. The molecule has 0 rings (SSSR count). The molecule has 78 valence electrons. The molecule has 14 heavy (non-hydrogen) atoms. The van der Waals surface area contributed by atoms with E-state index in [9.17, 15) is 4.79 Å². The number of esters is 1. The van der Waals surface area contributed by atoms with E-state index in [4.69, 9.17) is 10.00 Å². The Balaban J connectivity index is 3.18. The van der Waals surface area contributed by atoms with Crippen molar-refractivity contribution in [2.24, 2.45) is 0 Å². The smallest absolute Gasteiger partial charge is 0.333 e. The van der Waals surface area contributed by atoms with Gasteiger partial charge in [-0.25, -0.2) is 4.79 Å². The van der Waals surface area contributed by atoms with Gasteiger partial charge in [-0.3, -0.25) is 0 Å². The molecule has 0 amide bonds. The molecule has 0 aromatic carbocycles. The maximum atomic E-state index is 10.9. The Labute approximate surface area is 89.1 Å². The summed E-state index contributed by atoms with van der Waals surface area (Å²) in [6, 6.07) is 2.08. The third kappa shape index (κ3) is 7.69. The first kappa shape index (κ1) is 13.1. The molecule has 4 heteroatoms. The van der Waals surface area contributed by atoms with Gasteiger partial charge >= 0.3 is 5.97 Å². The standard InChI is InChI=1S/C10H15NO2S/c1-9(2)10(12)13-6-8-14-7-4-3-5-11/h1,3-4,6-8H2,2H3. The fraction of sp³-hybridized carbons (Fsp3) is 0.600. The van der Waals surface area contributed by atoms with Gasteiger partial charge in [-0.05, 0) is 19.1 Å². The Bertz CT molecular complexity index is 233. The molecular weight excluding hydrogens is 198 g/mol. The topological polar surface area (TPSA) is 50.1 Å². The Morgan fingerprint density at radius 3 is 2.86 bits per heavy atom. The van der Waals surface area contributed by atoms with Crippen molar-refractivity contribution in [1.29, 1.82) is 5.26 Å². The van der Waals surface area contributed by atoms with Crippen LogP contribution in [0.1, 0.15) is 19.8 Å². The summed E-state index contributed by atoms with van der Waals surface area (Å²) in [5.74, 6) is 1.39. The fourth-order valence-electron chi connectivity index (χ4n) is 0.672. The van der Waals surface area contributed by atoms with Crippen LogP contribution in [-0.2, 0) is 9.53 Å². The van der Waals surface area contributed by atoms with Crippen molar-refractivity contribution in [3.63, 3.8) is 0 Å². The first-order valence-corrected chi connectivity index (χ1v) is 5.61. The van der Waals surface area contributed by atoms with Crippen molar-refractivity contribution in [2.75, 3.05) is 18.1 Å². The van der Waals surface area contributed by atoms with E-state index in [-0.39, 0.29) is 5.97 Å². The normalized spacial score (nSPS) is 9.14. The van der Waals surface area contributed by atoms with Crippen molar-refractivity contribution in [3.8, 4) is 6.07 Å². The van der Waals surface area contributed by atoms with Gasteiger partial charge < -0.3 is 4.74 Å². The minimum Gasteiger partial charge on any atom is -0.461 e. The molecule has 0 aliphatic rings. The van der Waals surface area contributed by atoms with Crippen LogP contribution in [0, 0.1) is 11.3 Å². The van der Waals surface area contributed by atoms with Crippen LogP contribution in [0.2, 0.25) is 0 Å². The lowest BCUT2D eigenvalue weighted by Crippen LogP contribution is -2.07. The lowest BCUT2D eigenvalue weighted by molar-refractivity contribution is -0.138. The molecule has 0 heterocycles. The number of carbonyl (C=O) groups is 1. The highest BCUT2D eigenvalue weighted by molar-refractivity contribution is 7.99. The molecule has 0 fully saturated rings. The predicted molar refractivity (Wildman–Crippen MR) is 57.9 cm³/mol. The van der Waals surface area contributed by atoms with Crippen molar-refractivity contribution in [3.05, 3.63) is 12.2 Å². The van der Waals surface area contributed by atoms with Crippen LogP contribution in [0.15, 0.2) is 12.2 Å². The second-order valence-electron chi connectivity index (χ2n) is 2.79. The van der Waals surface area contributed by atoms with Gasteiger partial charge in [0.1, 0.15) is 6.61 Å². The molecule has 0 unspecified atom stereocenters. The zero-order valence-electron chi connectivity index (χ0n) is 8.41. The summed E-state index contributed by atoms with van der Waals surface area (Å²) in [7, 11) is 0. The average molecular weight is 213 g/mol. The number of hydrogen-bond donors (Lipinski definition) is 0. The van der Waals surface area contributed by atoms with Gasteiger partial charge in [-0.1, -0.05) is 6.58 Å². The maximum Gasteiger partial charge on any atom is 0.333 e. The van der Waals surface area contributed by atoms with Gasteiger partial charge in [0.15, 0.2) is 0 Å². The third-order valence-corrected chi connectivity index (χ3v) is 2.42. The number of rotatable bonds is 7. The summed E-state index contributed by atoms with van der Waals surface area (Å²) in [6.07, 6.45) is 1.49. The van der Waals surface area contributed by atoms with E-state index in [1.165, 1.54) is 0 Å². The Morgan fingerprint density at radius 2 is 2.29 bits per heavy atom. The van der Waals surface area contributed by atoms with E-state index in [1.807, 2.05) is 0 Å². The van der Waals surface area contributed by atoms with Gasteiger partial charge in [0, 0.05) is 17.7 Å². The zero-order valence-corrected chi connectivity index (χ0v) is 9.23. The first-order valence-electron chi connectivity index (χ1n) is 4.45. The Morgan fingerprint density at radius 1 is 1.57 bits per heavy atom. The van der Waals surface area contributed by atoms with E-state index in [1.54, 1.807) is 18.7 Å². The Hall–Kier alpha value is -0.950. The highest BCUT2D eigenvalue weighted by Crippen LogP contribution is 2.04. The zero-order chi connectivity index (χ0) is 10.8. The molecule has 3 nitrogen and oxygen atoms in total. The second kappa shape index (κ2) is 8.64. The lowest BCUT2D eigenvalue weighted by atomic mass is 10.4. The summed E-state index contributed by atoms with van der Waals surface area (Å²) in [4.78, 5) is 10.9. The van der Waals surface area contributed by atoms with Gasteiger partial charge in [0.2, 0.25) is 0 Å². The maximum absolute atomic E-state index is 10.9. The van der Waals surface area contributed by atoms with E-state index >= 15 is 0 Å². The van der Waals surface area contributed by atoms with Crippen LogP contribution >= 0.6 is 11.8 Å². The number of ether oxygens (including phenoxy) is 1. The van der Waals surface area contributed by atoms with Crippen molar-refractivity contribution in [2.45, 2.75) is 19.8 Å². The second-order valence-corrected chi connectivity index (χ2v) is 4.02. The number of unbranched alkanes of at least 4 members (excludes halogenated alkanes) is 1. The molecule has 0 spiro atoms. The van der Waals surface area contributed by atoms with E-state index in [0.717, 1.165) is 17.9 Å². The number of hydrogen-bond acceptors (Lipinski definition) is 4. The summed E-state index contributed by atoms with van der Waals surface area (Å²) in [6.45, 7) is 5.52. The van der Waals surface area contributed by atoms with Crippen molar-refractivity contribution >= 4 is 17.7 Å². The van der Waals surface area contributed by atoms with Gasteiger partial charge in [-0.15, -0.1) is 0 Å². The summed E-state index contributed by atoms with van der Waals surface area (Å²) >= 11 is 1.69. The number of nitrogens with zero attached hydrogens (tertiary/aromatic N) is 1. The van der Waals surface area contributed by atoms with Crippen LogP contribution in [0.5, 0.6) is 0 Å². The number of thioether (sulfide) groups is 1. The van der Waals surface area contributed by atoms with Gasteiger partial charge in [-0.2, -0.15) is 17.0 Å². The molecule has 0 radical (unpaired) electrons. The van der Waals surface area contributed by atoms with E-state index in [0.29, 0.717) is 18.6 Å². The van der Waals surface area contributed by atoms with E-state index in [2.05, 4.69) is 12.6 Å². The molecule has 0 bridgehead atoms. The molecule has 0 atom stereocenters. The average Bonchev–Trinajstić information content (AvgIpc) is 2.16. The third-order valence-electron chi connectivity index (χ3n) is 1.39. The largest absolute Gasteiger partial charge is 0.461 e. The van der Waals surface area contributed by atoms with E-state index < -0.39 is 0 Å². The molecule has 0 saturated carbocycles. The van der Waals surface area contributed by atoms with Crippen molar-refractivity contribution in [1.82, 2.24) is 0 Å². The molecule has 0 aromatic heterocycles. The minimum absolute atomic E-state index is 0.331. The number of carbonyl (C=O) groups excluding carboxylic acids is 1. The molecule has 0 aliphatic carbocycles. The molecular formula is C10H15NO2S. The van der Waals surface area contributed by atoms with Crippen molar-refractivity contribution < 1.29 is 9.53 Å². The number of nitriles is 1. The van der Waals surface area contributed by atoms with Crippen LogP contribution < -0.4 is 0 Å². The highest BCUT2D eigenvalue weighted by atomic mass is 32.2. The highest BCUT2D eigenvalue weighted by Gasteiger charge is 2.01. The molecule has 0 saturated heterocycles. The molecule has 0 aliphatic heterocycles. The SMILES string of the molecule is C=C(C)C(=O)OCCSCCCC#N. The van der Waals surface area contributed by atoms with Crippen LogP contribution in [0.25, 0.3) is 0 Å². The van der Waals surface area contributed by atoms with Gasteiger partial charge in [0.05, 0.1) is 6.07 Å². The summed E-state index contributed by atoms with van der Waals surface area (Å²) in [5, 5.41) is 8.26. The quantitative estimate of drug-likeness (QED) is 0.369. The lowest BCUT2D eigenvalue weighted by Gasteiger charge is -2.03. The summed E-state index contributed by atoms with van der Waals surface area (Å²) < 4.78 is 4.89. The predicted octanol–water partition coefficient (Wildman–Crippen LogP) is 2.14. The van der Waals surface area contributed by atoms with Gasteiger partial charge in [0.25, 0.3) is 0 Å². The monoisotopic (exact) mass is 213 g/mol. The summed E-state index contributed by atoms with van der Waals surface area (Å²) in [5.41, 5.74) is 0.430. The minimum atomic E-state index is -0.331. The first-order chi connectivity index (χ1) is 6.68. The Kier molecular flexibility index (Phi) is 8.05. The van der Waals surface area contributed by atoms with Crippen LogP contribution in [0.3, 0.4) is 0 Å². The molecule has 0 N–H and O–H groups in total. The molecule has 0 aromatic rings.